The first-order valence-electron chi connectivity index (χ1n) is 7.99. The van der Waals surface area contributed by atoms with Crippen molar-refractivity contribution in [3.05, 3.63) is 23.8 Å². The van der Waals surface area contributed by atoms with Crippen molar-refractivity contribution in [3.8, 4) is 0 Å². The monoisotopic (exact) mass is 346 g/mol. The number of nitrogens with zero attached hydrogens (tertiary/aromatic N) is 4. The van der Waals surface area contributed by atoms with Gasteiger partial charge in [0.25, 0.3) is 17.5 Å². The molecule has 2 aromatic heterocycles. The molecule has 0 aliphatic heterocycles. The summed E-state index contributed by atoms with van der Waals surface area (Å²) < 4.78 is 6.23. The largest absolute Gasteiger partial charge is 0.450 e. The van der Waals surface area contributed by atoms with Crippen LogP contribution in [0.3, 0.4) is 0 Å². The van der Waals surface area contributed by atoms with Crippen molar-refractivity contribution in [2.45, 2.75) is 38.6 Å². The van der Waals surface area contributed by atoms with Gasteiger partial charge in [-0.25, -0.2) is 19.1 Å². The molecule has 3 rings (SSSR count). The highest BCUT2D eigenvalue weighted by atomic mass is 16.5. The Morgan fingerprint density at radius 3 is 2.80 bits per heavy atom. The van der Waals surface area contributed by atoms with E-state index in [-0.39, 0.29) is 17.6 Å². The van der Waals surface area contributed by atoms with Gasteiger partial charge >= 0.3 is 12.0 Å². The molecule has 1 aliphatic rings. The zero-order valence-corrected chi connectivity index (χ0v) is 13.7. The summed E-state index contributed by atoms with van der Waals surface area (Å²) in [7, 11) is 0. The first kappa shape index (κ1) is 16.8. The number of urea groups is 1. The Morgan fingerprint density at radius 1 is 1.32 bits per heavy atom. The number of aryl methyl sites for hydroxylation is 1. The van der Waals surface area contributed by atoms with E-state index >= 15 is 0 Å². The quantitative estimate of drug-likeness (QED) is 0.765. The summed E-state index contributed by atoms with van der Waals surface area (Å²) in [5.74, 6) is -1.53. The van der Waals surface area contributed by atoms with E-state index in [2.05, 4.69) is 25.7 Å². The minimum atomic E-state index is -0.865. The average Bonchev–Trinajstić information content (AvgIpc) is 3.22. The van der Waals surface area contributed by atoms with Crippen molar-refractivity contribution in [3.63, 3.8) is 0 Å². The van der Waals surface area contributed by atoms with Crippen molar-refractivity contribution in [1.82, 2.24) is 30.2 Å². The fourth-order valence-electron chi connectivity index (χ4n) is 2.64. The van der Waals surface area contributed by atoms with E-state index in [1.807, 2.05) is 0 Å². The highest BCUT2D eigenvalue weighted by Crippen LogP contribution is 2.17. The van der Waals surface area contributed by atoms with Gasteiger partial charge in [0, 0.05) is 17.9 Å². The van der Waals surface area contributed by atoms with Crippen LogP contribution in [0.4, 0.5) is 4.79 Å². The van der Waals surface area contributed by atoms with E-state index in [9.17, 15) is 14.4 Å². The number of imide groups is 1. The van der Waals surface area contributed by atoms with Gasteiger partial charge in [-0.05, 0) is 25.8 Å². The zero-order valence-electron chi connectivity index (χ0n) is 13.7. The van der Waals surface area contributed by atoms with E-state index < -0.39 is 24.5 Å². The van der Waals surface area contributed by atoms with Gasteiger partial charge < -0.3 is 10.1 Å². The maximum Gasteiger partial charge on any atom is 0.378 e. The van der Waals surface area contributed by atoms with Gasteiger partial charge in [-0.2, -0.15) is 4.98 Å². The van der Waals surface area contributed by atoms with E-state index in [4.69, 9.17) is 4.74 Å². The van der Waals surface area contributed by atoms with Gasteiger partial charge in [-0.15, -0.1) is 5.10 Å². The van der Waals surface area contributed by atoms with Crippen LogP contribution in [-0.4, -0.2) is 50.1 Å². The highest BCUT2D eigenvalue weighted by molar-refractivity contribution is 5.96. The van der Waals surface area contributed by atoms with Crippen LogP contribution in [0, 0.1) is 6.92 Å². The number of carbonyl (C=O) groups is 3. The number of carbonyl (C=O) groups excluding carboxylic acids is 3. The SMILES string of the molecule is Cc1ccnc2nc(C(=O)OCC(=O)NC(=O)NC3CCCC3)nn12. The van der Waals surface area contributed by atoms with Crippen LogP contribution in [-0.2, 0) is 9.53 Å². The molecule has 132 valence electrons. The zero-order chi connectivity index (χ0) is 17.8. The average molecular weight is 346 g/mol. The van der Waals surface area contributed by atoms with Crippen molar-refractivity contribution >= 4 is 23.7 Å². The first-order valence-corrected chi connectivity index (χ1v) is 7.99. The molecule has 0 unspecified atom stereocenters. The molecule has 0 bridgehead atoms. The number of hydrogen-bond acceptors (Lipinski definition) is 7. The maximum absolute atomic E-state index is 11.9. The number of esters is 1. The van der Waals surface area contributed by atoms with E-state index in [0.717, 1.165) is 31.4 Å². The van der Waals surface area contributed by atoms with Crippen LogP contribution < -0.4 is 10.6 Å². The second-order valence-electron chi connectivity index (χ2n) is 5.81. The van der Waals surface area contributed by atoms with Crippen LogP contribution in [0.15, 0.2) is 12.3 Å². The van der Waals surface area contributed by atoms with Gasteiger partial charge in [0.15, 0.2) is 6.61 Å². The molecule has 0 atom stereocenters. The molecular formula is C15H18N6O4. The van der Waals surface area contributed by atoms with Crippen LogP contribution in [0.2, 0.25) is 0 Å². The van der Waals surface area contributed by atoms with E-state index in [1.165, 1.54) is 4.52 Å². The summed E-state index contributed by atoms with van der Waals surface area (Å²) in [5.41, 5.74) is 0.748. The van der Waals surface area contributed by atoms with Crippen LogP contribution in [0.5, 0.6) is 0 Å². The molecule has 1 aliphatic carbocycles. The number of ether oxygens (including phenoxy) is 1. The molecule has 2 heterocycles. The van der Waals surface area contributed by atoms with Gasteiger partial charge in [0.1, 0.15) is 0 Å². The molecule has 0 aromatic carbocycles. The summed E-state index contributed by atoms with van der Waals surface area (Å²) in [5, 5.41) is 8.81. The number of aromatic nitrogens is 4. The summed E-state index contributed by atoms with van der Waals surface area (Å²) in [6, 6.07) is 1.22. The first-order chi connectivity index (χ1) is 12.0. The van der Waals surface area contributed by atoms with Gasteiger partial charge in [-0.3, -0.25) is 10.1 Å². The molecule has 10 heteroatoms. The molecule has 1 saturated carbocycles. The molecule has 2 aromatic rings. The Kier molecular flexibility index (Phi) is 4.87. The number of nitrogens with one attached hydrogen (secondary N) is 2. The van der Waals surface area contributed by atoms with Gasteiger partial charge in [-0.1, -0.05) is 12.8 Å². The Hall–Kier alpha value is -3.04. The lowest BCUT2D eigenvalue weighted by Gasteiger charge is -2.12. The molecule has 2 N–H and O–H groups in total. The normalized spacial score (nSPS) is 14.4. The molecule has 0 radical (unpaired) electrons. The van der Waals surface area contributed by atoms with Crippen molar-refractivity contribution in [1.29, 1.82) is 0 Å². The number of amides is 3. The lowest BCUT2D eigenvalue weighted by Crippen LogP contribution is -2.45. The Labute approximate surface area is 143 Å². The number of hydrogen-bond donors (Lipinski definition) is 2. The fraction of sp³-hybridized carbons (Fsp3) is 0.467. The van der Waals surface area contributed by atoms with E-state index in [0.29, 0.717) is 0 Å². The molecule has 10 nitrogen and oxygen atoms in total. The smallest absolute Gasteiger partial charge is 0.378 e. The van der Waals surface area contributed by atoms with E-state index in [1.54, 1.807) is 19.2 Å². The third kappa shape index (κ3) is 4.08. The molecule has 0 saturated heterocycles. The Balaban J connectivity index is 1.49. The molecule has 0 spiro atoms. The highest BCUT2D eigenvalue weighted by Gasteiger charge is 2.20. The summed E-state index contributed by atoms with van der Waals surface area (Å²) in [6.07, 6.45) is 5.49. The van der Waals surface area contributed by atoms with Crippen molar-refractivity contribution < 1.29 is 19.1 Å². The van der Waals surface area contributed by atoms with Crippen molar-refractivity contribution in [2.75, 3.05) is 6.61 Å². The molecule has 25 heavy (non-hydrogen) atoms. The number of rotatable bonds is 4. The maximum atomic E-state index is 11.9. The van der Waals surface area contributed by atoms with Crippen molar-refractivity contribution in [2.24, 2.45) is 0 Å². The minimum absolute atomic E-state index is 0.0910. The predicted octanol–water partition coefficient (Wildman–Crippen LogP) is 0.358. The van der Waals surface area contributed by atoms with Crippen LogP contribution in [0.25, 0.3) is 5.78 Å². The standard InChI is InChI=1S/C15H18N6O4/c1-9-6-7-16-14-19-12(20-21(9)14)13(23)25-8-11(22)18-15(24)17-10-4-2-3-5-10/h6-7,10H,2-5,8H2,1H3,(H2,17,18,22,24). The van der Waals surface area contributed by atoms with Gasteiger partial charge in [0.05, 0.1) is 0 Å². The Morgan fingerprint density at radius 2 is 2.08 bits per heavy atom. The lowest BCUT2D eigenvalue weighted by atomic mass is 10.2. The predicted molar refractivity (Wildman–Crippen MR) is 84.7 cm³/mol. The van der Waals surface area contributed by atoms with Crippen LogP contribution >= 0.6 is 0 Å². The number of fused-ring (bicyclic) bond motifs is 1. The third-order valence-electron chi connectivity index (χ3n) is 3.89. The fourth-order valence-corrected chi connectivity index (χ4v) is 2.64. The summed E-state index contributed by atoms with van der Waals surface area (Å²) >= 11 is 0. The minimum Gasteiger partial charge on any atom is -0.450 e. The second kappa shape index (κ2) is 7.24. The Bertz CT molecular complexity index is 811. The van der Waals surface area contributed by atoms with Gasteiger partial charge in [0.2, 0.25) is 0 Å². The molecular weight excluding hydrogens is 328 g/mol. The third-order valence-corrected chi connectivity index (χ3v) is 3.89. The molecule has 3 amide bonds. The second-order valence-corrected chi connectivity index (χ2v) is 5.81. The lowest BCUT2D eigenvalue weighted by molar-refractivity contribution is -0.123. The summed E-state index contributed by atoms with van der Waals surface area (Å²) in [4.78, 5) is 43.2. The topological polar surface area (TPSA) is 128 Å². The summed E-state index contributed by atoms with van der Waals surface area (Å²) in [6.45, 7) is 1.19. The van der Waals surface area contributed by atoms with Crippen LogP contribution in [0.1, 0.15) is 42.0 Å². The molecule has 1 fully saturated rings.